The summed E-state index contributed by atoms with van der Waals surface area (Å²) in [7, 11) is 0. The zero-order chi connectivity index (χ0) is 15.0. The summed E-state index contributed by atoms with van der Waals surface area (Å²) in [6, 6.07) is 7.48. The van der Waals surface area contributed by atoms with Crippen molar-refractivity contribution in [3.8, 4) is 0 Å². The smallest absolute Gasteiger partial charge is 0.372 e. The van der Waals surface area contributed by atoms with Crippen molar-refractivity contribution in [3.63, 3.8) is 0 Å². The van der Waals surface area contributed by atoms with Gasteiger partial charge in [0.15, 0.2) is 0 Å². The molecule has 2 aromatic rings. The summed E-state index contributed by atoms with van der Waals surface area (Å²) < 4.78 is 5.47. The second-order valence-corrected chi connectivity index (χ2v) is 6.33. The van der Waals surface area contributed by atoms with Crippen molar-refractivity contribution in [2.75, 3.05) is 6.54 Å². The van der Waals surface area contributed by atoms with Gasteiger partial charge in [-0.25, -0.2) is 4.79 Å². The minimum absolute atomic E-state index is 0.0538. The predicted molar refractivity (Wildman–Crippen MR) is 81.4 cm³/mol. The van der Waals surface area contributed by atoms with E-state index in [1.54, 1.807) is 0 Å². The first kappa shape index (κ1) is 14.1. The molecule has 1 aromatic heterocycles. The van der Waals surface area contributed by atoms with Crippen LogP contribution in [0.1, 0.15) is 42.8 Å². The fraction of sp³-hybridized carbons (Fsp3) is 0.471. The summed E-state index contributed by atoms with van der Waals surface area (Å²) in [4.78, 5) is 11.4. The average molecular weight is 287 g/mol. The molecule has 1 saturated carbocycles. The number of rotatable bonds is 6. The third-order valence-electron chi connectivity index (χ3n) is 4.79. The molecule has 4 heteroatoms. The summed E-state index contributed by atoms with van der Waals surface area (Å²) in [5, 5.41) is 13.6. The Morgan fingerprint density at radius 1 is 1.38 bits per heavy atom. The molecule has 3 rings (SSSR count). The molecule has 1 aromatic carbocycles. The van der Waals surface area contributed by atoms with Gasteiger partial charge in [-0.3, -0.25) is 0 Å². The zero-order valence-electron chi connectivity index (χ0n) is 12.5. The van der Waals surface area contributed by atoms with Crippen LogP contribution in [0, 0.1) is 11.3 Å². The van der Waals surface area contributed by atoms with Gasteiger partial charge in [-0.05, 0) is 30.2 Å². The van der Waals surface area contributed by atoms with E-state index in [9.17, 15) is 9.90 Å². The maximum Gasteiger partial charge on any atom is 0.372 e. The molecule has 0 saturated heterocycles. The minimum atomic E-state index is -1.01. The number of fused-ring (bicyclic) bond motifs is 1. The van der Waals surface area contributed by atoms with E-state index in [4.69, 9.17) is 4.42 Å². The van der Waals surface area contributed by atoms with Crippen LogP contribution in [-0.4, -0.2) is 17.6 Å². The molecule has 21 heavy (non-hydrogen) atoms. The predicted octanol–water partition coefficient (Wildman–Crippen LogP) is 3.66. The topological polar surface area (TPSA) is 62.5 Å². The van der Waals surface area contributed by atoms with Crippen LogP contribution in [0.2, 0.25) is 0 Å². The second kappa shape index (κ2) is 5.19. The third-order valence-corrected chi connectivity index (χ3v) is 4.79. The molecule has 1 fully saturated rings. The molecule has 2 N–H and O–H groups in total. The van der Waals surface area contributed by atoms with Gasteiger partial charge in [0, 0.05) is 24.0 Å². The number of para-hydroxylation sites is 1. The van der Waals surface area contributed by atoms with E-state index in [0.717, 1.165) is 17.5 Å². The SMILES string of the molecule is CC(C)C1(CNCc2c(C(=O)O)oc3ccccc23)CC1. The van der Waals surface area contributed by atoms with Gasteiger partial charge in [0.25, 0.3) is 0 Å². The van der Waals surface area contributed by atoms with Crippen LogP contribution < -0.4 is 5.32 Å². The van der Waals surface area contributed by atoms with E-state index in [0.29, 0.717) is 23.5 Å². The molecular formula is C17H21NO3. The van der Waals surface area contributed by atoms with E-state index >= 15 is 0 Å². The lowest BCUT2D eigenvalue weighted by molar-refractivity contribution is 0.0663. The minimum Gasteiger partial charge on any atom is -0.475 e. The maximum atomic E-state index is 11.4. The molecule has 0 spiro atoms. The van der Waals surface area contributed by atoms with Gasteiger partial charge in [-0.1, -0.05) is 32.0 Å². The quantitative estimate of drug-likeness (QED) is 0.851. The second-order valence-electron chi connectivity index (χ2n) is 6.33. The molecule has 0 bridgehead atoms. The van der Waals surface area contributed by atoms with Crippen LogP contribution in [0.15, 0.2) is 28.7 Å². The Hall–Kier alpha value is -1.81. The van der Waals surface area contributed by atoms with Crippen molar-refractivity contribution in [3.05, 3.63) is 35.6 Å². The fourth-order valence-corrected chi connectivity index (χ4v) is 3.00. The molecule has 1 aliphatic carbocycles. The van der Waals surface area contributed by atoms with Gasteiger partial charge in [-0.2, -0.15) is 0 Å². The lowest BCUT2D eigenvalue weighted by Gasteiger charge is -2.20. The third kappa shape index (κ3) is 2.56. The first-order valence-electron chi connectivity index (χ1n) is 7.48. The first-order valence-corrected chi connectivity index (χ1v) is 7.48. The van der Waals surface area contributed by atoms with Crippen LogP contribution in [0.3, 0.4) is 0 Å². The Kier molecular flexibility index (Phi) is 3.49. The van der Waals surface area contributed by atoms with Gasteiger partial charge in [0.05, 0.1) is 0 Å². The molecule has 112 valence electrons. The number of furan rings is 1. The maximum absolute atomic E-state index is 11.4. The van der Waals surface area contributed by atoms with E-state index in [1.807, 2.05) is 24.3 Å². The fourth-order valence-electron chi connectivity index (χ4n) is 3.00. The summed E-state index contributed by atoms with van der Waals surface area (Å²) in [5.41, 5.74) is 1.79. The van der Waals surface area contributed by atoms with Crippen molar-refractivity contribution in [2.45, 2.75) is 33.2 Å². The van der Waals surface area contributed by atoms with E-state index in [1.165, 1.54) is 12.8 Å². The summed E-state index contributed by atoms with van der Waals surface area (Å²) >= 11 is 0. The summed E-state index contributed by atoms with van der Waals surface area (Å²) in [6.07, 6.45) is 2.52. The monoisotopic (exact) mass is 287 g/mol. The lowest BCUT2D eigenvalue weighted by atomic mass is 9.92. The number of hydrogen-bond acceptors (Lipinski definition) is 3. The Bertz CT molecular complexity index is 668. The Labute approximate surface area is 124 Å². The standard InChI is InChI=1S/C17H21NO3/c1-11(2)17(7-8-17)10-18-9-13-12-5-3-4-6-14(12)21-15(13)16(19)20/h3-6,11,18H,7-10H2,1-2H3,(H,19,20). The number of carboxylic acids is 1. The Morgan fingerprint density at radius 3 is 2.71 bits per heavy atom. The highest BCUT2D eigenvalue weighted by Crippen LogP contribution is 2.51. The summed E-state index contributed by atoms with van der Waals surface area (Å²) in [6.45, 7) is 5.98. The van der Waals surface area contributed by atoms with Crippen molar-refractivity contribution in [1.82, 2.24) is 5.32 Å². The van der Waals surface area contributed by atoms with Gasteiger partial charge < -0.3 is 14.8 Å². The molecule has 0 radical (unpaired) electrons. The molecule has 0 amide bonds. The number of carbonyl (C=O) groups is 1. The normalized spacial score (nSPS) is 16.5. The molecule has 4 nitrogen and oxygen atoms in total. The number of aromatic carboxylic acids is 1. The molecule has 1 heterocycles. The largest absolute Gasteiger partial charge is 0.475 e. The zero-order valence-corrected chi connectivity index (χ0v) is 12.5. The van der Waals surface area contributed by atoms with Crippen LogP contribution in [0.4, 0.5) is 0 Å². The van der Waals surface area contributed by atoms with E-state index < -0.39 is 5.97 Å². The van der Waals surface area contributed by atoms with E-state index in [2.05, 4.69) is 19.2 Å². The van der Waals surface area contributed by atoms with Crippen molar-refractivity contribution in [2.24, 2.45) is 11.3 Å². The average Bonchev–Trinajstić information content (AvgIpc) is 3.15. The number of carboxylic acid groups (broad SMARTS) is 1. The van der Waals surface area contributed by atoms with Crippen molar-refractivity contribution < 1.29 is 14.3 Å². The van der Waals surface area contributed by atoms with Crippen LogP contribution in [0.5, 0.6) is 0 Å². The van der Waals surface area contributed by atoms with Crippen molar-refractivity contribution in [1.29, 1.82) is 0 Å². The first-order chi connectivity index (χ1) is 10.0. The highest BCUT2D eigenvalue weighted by Gasteiger charge is 2.44. The number of hydrogen-bond donors (Lipinski definition) is 2. The molecule has 0 atom stereocenters. The Morgan fingerprint density at radius 2 is 2.10 bits per heavy atom. The highest BCUT2D eigenvalue weighted by atomic mass is 16.4. The van der Waals surface area contributed by atoms with Crippen LogP contribution in [0.25, 0.3) is 11.0 Å². The van der Waals surface area contributed by atoms with Crippen LogP contribution in [-0.2, 0) is 6.54 Å². The Balaban J connectivity index is 1.80. The molecule has 0 unspecified atom stereocenters. The number of benzene rings is 1. The van der Waals surface area contributed by atoms with Gasteiger partial charge >= 0.3 is 5.97 Å². The number of nitrogens with one attached hydrogen (secondary N) is 1. The van der Waals surface area contributed by atoms with E-state index in [-0.39, 0.29) is 5.76 Å². The lowest BCUT2D eigenvalue weighted by Crippen LogP contribution is -2.27. The summed E-state index contributed by atoms with van der Waals surface area (Å²) in [5.74, 6) is -0.295. The van der Waals surface area contributed by atoms with Gasteiger partial charge in [0.1, 0.15) is 5.58 Å². The van der Waals surface area contributed by atoms with Gasteiger partial charge in [-0.15, -0.1) is 0 Å². The van der Waals surface area contributed by atoms with Crippen molar-refractivity contribution >= 4 is 16.9 Å². The molecule has 1 aliphatic rings. The van der Waals surface area contributed by atoms with Gasteiger partial charge in [0.2, 0.25) is 5.76 Å². The molecular weight excluding hydrogens is 266 g/mol. The highest BCUT2D eigenvalue weighted by molar-refractivity contribution is 5.95. The van der Waals surface area contributed by atoms with Crippen LogP contribution >= 0.6 is 0 Å². The molecule has 0 aliphatic heterocycles.